The molecule has 0 aromatic rings. The maximum atomic E-state index is 4.11. The second-order valence-corrected chi connectivity index (χ2v) is 5.91. The van der Waals surface area contributed by atoms with Crippen LogP contribution in [0.4, 0.5) is 0 Å². The van der Waals surface area contributed by atoms with E-state index in [1.165, 1.54) is 5.57 Å². The van der Waals surface area contributed by atoms with Crippen molar-refractivity contribution in [2.75, 3.05) is 0 Å². The molecule has 0 fully saturated rings. The smallest absolute Gasteiger partial charge is 0.0497 e. The predicted molar refractivity (Wildman–Crippen MR) is 97.2 cm³/mol. The molecule has 0 rings (SSSR count). The fourth-order valence-electron chi connectivity index (χ4n) is 2.12. The van der Waals surface area contributed by atoms with Gasteiger partial charge < -0.3 is 5.32 Å². The number of allylic oxidation sites excluding steroid dienone is 6. The van der Waals surface area contributed by atoms with Crippen molar-refractivity contribution in [3.63, 3.8) is 0 Å². The summed E-state index contributed by atoms with van der Waals surface area (Å²) in [4.78, 5) is 0. The quantitative estimate of drug-likeness (QED) is 0.422. The second-order valence-electron chi connectivity index (χ2n) is 5.91. The molecular weight excluding hydrogens is 254 g/mol. The summed E-state index contributed by atoms with van der Waals surface area (Å²) in [5, 5.41) is 3.45. The van der Waals surface area contributed by atoms with Gasteiger partial charge >= 0.3 is 0 Å². The maximum Gasteiger partial charge on any atom is 0.0497 e. The lowest BCUT2D eigenvalue weighted by Gasteiger charge is -2.28. The van der Waals surface area contributed by atoms with Crippen molar-refractivity contribution in [3.8, 4) is 0 Å². The van der Waals surface area contributed by atoms with Gasteiger partial charge in [0, 0.05) is 11.7 Å². The molecule has 1 nitrogen and oxygen atoms in total. The van der Waals surface area contributed by atoms with E-state index in [4.69, 9.17) is 0 Å². The largest absolute Gasteiger partial charge is 0.379 e. The van der Waals surface area contributed by atoms with E-state index in [0.717, 1.165) is 28.8 Å². The number of nitrogens with one attached hydrogen (secondary N) is 1. The predicted octanol–water partition coefficient (Wildman–Crippen LogP) is 5.72. The molecule has 2 unspecified atom stereocenters. The van der Waals surface area contributed by atoms with E-state index in [-0.39, 0.29) is 6.04 Å². The average Bonchev–Trinajstić information content (AvgIpc) is 2.39. The molecular formula is C20H31N. The molecule has 0 amide bonds. The summed E-state index contributed by atoms with van der Waals surface area (Å²) in [6.45, 7) is 26.5. The Balaban J connectivity index is 5.09. The summed E-state index contributed by atoms with van der Waals surface area (Å²) in [5.74, 6) is 0.395. The molecule has 0 heterocycles. The van der Waals surface area contributed by atoms with Crippen LogP contribution in [0, 0.1) is 5.92 Å². The normalized spacial score (nSPS) is 14.6. The lowest BCUT2D eigenvalue weighted by molar-refractivity contribution is 0.447. The molecule has 0 aliphatic heterocycles. The first-order valence-corrected chi connectivity index (χ1v) is 7.45. The minimum absolute atomic E-state index is 0.183. The third-order valence-corrected chi connectivity index (χ3v) is 3.52. The van der Waals surface area contributed by atoms with E-state index < -0.39 is 0 Å². The van der Waals surface area contributed by atoms with Crippen molar-refractivity contribution in [1.29, 1.82) is 0 Å². The van der Waals surface area contributed by atoms with E-state index >= 15 is 0 Å². The van der Waals surface area contributed by atoms with E-state index in [1.54, 1.807) is 0 Å². The number of hydrogen-bond acceptors (Lipinski definition) is 1. The SMILES string of the molecule is C=C(C)C(=C)NC(C(=C)C)C(C)C/C(=C/C=C\C)C(=C)C. The van der Waals surface area contributed by atoms with Crippen LogP contribution in [0.15, 0.2) is 72.5 Å². The first-order valence-electron chi connectivity index (χ1n) is 7.45. The topological polar surface area (TPSA) is 12.0 Å². The molecule has 1 N–H and O–H groups in total. The van der Waals surface area contributed by atoms with Gasteiger partial charge in [-0.3, -0.25) is 0 Å². The molecule has 0 aliphatic carbocycles. The van der Waals surface area contributed by atoms with Crippen LogP contribution < -0.4 is 5.32 Å². The van der Waals surface area contributed by atoms with Crippen molar-refractivity contribution >= 4 is 0 Å². The number of hydrogen-bond donors (Lipinski definition) is 1. The zero-order chi connectivity index (χ0) is 16.6. The van der Waals surface area contributed by atoms with Gasteiger partial charge in [-0.15, -0.1) is 0 Å². The van der Waals surface area contributed by atoms with Gasteiger partial charge in [-0.05, 0) is 51.2 Å². The highest BCUT2D eigenvalue weighted by atomic mass is 14.9. The van der Waals surface area contributed by atoms with Gasteiger partial charge in [0.1, 0.15) is 0 Å². The molecule has 0 aromatic heterocycles. The molecule has 0 bridgehead atoms. The highest BCUT2D eigenvalue weighted by Crippen LogP contribution is 2.24. The summed E-state index contributed by atoms with van der Waals surface area (Å²) in [6.07, 6.45) is 7.19. The van der Waals surface area contributed by atoms with E-state index in [2.05, 4.69) is 64.6 Å². The zero-order valence-corrected chi connectivity index (χ0v) is 14.4. The molecule has 0 saturated heterocycles. The van der Waals surface area contributed by atoms with Gasteiger partial charge in [-0.1, -0.05) is 62.6 Å². The zero-order valence-electron chi connectivity index (χ0n) is 14.4. The monoisotopic (exact) mass is 285 g/mol. The second kappa shape index (κ2) is 9.23. The number of rotatable bonds is 9. The maximum absolute atomic E-state index is 4.11. The third kappa shape index (κ3) is 6.99. The molecule has 0 radical (unpaired) electrons. The van der Waals surface area contributed by atoms with Crippen LogP contribution in [0.5, 0.6) is 0 Å². The Bertz CT molecular complexity index is 474. The van der Waals surface area contributed by atoms with Gasteiger partial charge in [0.2, 0.25) is 0 Å². The Hall–Kier alpha value is -1.76. The molecule has 0 aromatic carbocycles. The Morgan fingerprint density at radius 3 is 2.00 bits per heavy atom. The van der Waals surface area contributed by atoms with Gasteiger partial charge in [0.15, 0.2) is 0 Å². The van der Waals surface area contributed by atoms with Crippen LogP contribution >= 0.6 is 0 Å². The highest BCUT2D eigenvalue weighted by Gasteiger charge is 2.19. The molecule has 0 spiro atoms. The van der Waals surface area contributed by atoms with E-state index in [9.17, 15) is 0 Å². The lowest BCUT2D eigenvalue weighted by Crippen LogP contribution is -2.35. The third-order valence-electron chi connectivity index (χ3n) is 3.52. The molecule has 0 saturated carbocycles. The van der Waals surface area contributed by atoms with Crippen LogP contribution in [-0.2, 0) is 0 Å². The van der Waals surface area contributed by atoms with Crippen molar-refractivity contribution < 1.29 is 0 Å². The summed E-state index contributed by atoms with van der Waals surface area (Å²) in [6, 6.07) is 0.183. The average molecular weight is 285 g/mol. The molecule has 21 heavy (non-hydrogen) atoms. The van der Waals surface area contributed by atoms with Gasteiger partial charge in [0.05, 0.1) is 0 Å². The highest BCUT2D eigenvalue weighted by molar-refractivity contribution is 5.31. The van der Waals surface area contributed by atoms with Gasteiger partial charge in [0.25, 0.3) is 0 Å². The van der Waals surface area contributed by atoms with Crippen LogP contribution in [0.3, 0.4) is 0 Å². The van der Waals surface area contributed by atoms with Crippen LogP contribution in [-0.4, -0.2) is 6.04 Å². The van der Waals surface area contributed by atoms with Crippen LogP contribution in [0.2, 0.25) is 0 Å². The summed E-state index contributed by atoms with van der Waals surface area (Å²) in [5.41, 5.74) is 5.33. The molecule has 116 valence electrons. The van der Waals surface area contributed by atoms with Crippen molar-refractivity contribution in [3.05, 3.63) is 72.5 Å². The van der Waals surface area contributed by atoms with Crippen molar-refractivity contribution in [2.24, 2.45) is 5.92 Å². The Morgan fingerprint density at radius 2 is 1.62 bits per heavy atom. The Labute approximate surface area is 131 Å². The summed E-state index contributed by atoms with van der Waals surface area (Å²) >= 11 is 0. The van der Waals surface area contributed by atoms with Gasteiger partial charge in [-0.25, -0.2) is 0 Å². The van der Waals surface area contributed by atoms with Crippen molar-refractivity contribution in [2.45, 2.75) is 47.1 Å². The minimum atomic E-state index is 0.183. The van der Waals surface area contributed by atoms with Crippen molar-refractivity contribution in [1.82, 2.24) is 5.32 Å². The Morgan fingerprint density at radius 1 is 1.05 bits per heavy atom. The molecule has 2 atom stereocenters. The van der Waals surface area contributed by atoms with Crippen LogP contribution in [0.25, 0.3) is 0 Å². The standard InChI is InChI=1S/C20H31N/c1-10-11-12-19(15(4)5)13-17(8)20(16(6)7)21-18(9)14(2)3/h10-12,17,20-21H,2,4,6,9,13H2,1,3,5,7-8H3/b11-10-,19-12-. The Kier molecular flexibility index (Phi) is 8.45. The summed E-state index contributed by atoms with van der Waals surface area (Å²) < 4.78 is 0. The minimum Gasteiger partial charge on any atom is -0.379 e. The first-order chi connectivity index (χ1) is 9.70. The lowest BCUT2D eigenvalue weighted by atomic mass is 9.87. The molecule has 0 aliphatic rings. The fraction of sp³-hybridized carbons (Fsp3) is 0.400. The van der Waals surface area contributed by atoms with E-state index in [1.807, 2.05) is 19.9 Å². The van der Waals surface area contributed by atoms with Gasteiger partial charge in [-0.2, -0.15) is 0 Å². The van der Waals surface area contributed by atoms with Crippen LogP contribution in [0.1, 0.15) is 41.0 Å². The fourth-order valence-corrected chi connectivity index (χ4v) is 2.12. The molecule has 1 heteroatoms. The van der Waals surface area contributed by atoms with E-state index in [0.29, 0.717) is 5.92 Å². The first kappa shape index (κ1) is 19.2. The summed E-state index contributed by atoms with van der Waals surface area (Å²) in [7, 11) is 0.